The Morgan fingerprint density at radius 1 is 1.75 bits per heavy atom. The standard InChI is InChI=1S/C9H14N4O3/c1-3-16-9(14)13-11-5-7-4-10-8(12-7)6-15-2/h4-5H,3,6H2,1-2H3,(H,10,12)(H,13,14). The summed E-state index contributed by atoms with van der Waals surface area (Å²) < 4.78 is 9.50. The number of methoxy groups -OCH3 is 1. The zero-order valence-corrected chi connectivity index (χ0v) is 9.19. The van der Waals surface area contributed by atoms with Gasteiger partial charge in [-0.15, -0.1) is 0 Å². The van der Waals surface area contributed by atoms with Crippen molar-refractivity contribution in [3.05, 3.63) is 17.7 Å². The van der Waals surface area contributed by atoms with E-state index in [-0.39, 0.29) is 0 Å². The Morgan fingerprint density at radius 2 is 2.56 bits per heavy atom. The zero-order chi connectivity index (χ0) is 11.8. The molecule has 0 radical (unpaired) electrons. The molecule has 0 saturated heterocycles. The van der Waals surface area contributed by atoms with Crippen LogP contribution in [0.2, 0.25) is 0 Å². The summed E-state index contributed by atoms with van der Waals surface area (Å²) in [4.78, 5) is 17.9. The highest BCUT2D eigenvalue weighted by atomic mass is 16.5. The molecule has 7 nitrogen and oxygen atoms in total. The average Bonchev–Trinajstić information content (AvgIpc) is 2.67. The monoisotopic (exact) mass is 226 g/mol. The van der Waals surface area contributed by atoms with E-state index in [1.165, 1.54) is 6.21 Å². The van der Waals surface area contributed by atoms with E-state index in [1.807, 2.05) is 0 Å². The van der Waals surface area contributed by atoms with Gasteiger partial charge in [0.15, 0.2) is 0 Å². The maximum atomic E-state index is 10.8. The number of hydrogen-bond acceptors (Lipinski definition) is 5. The summed E-state index contributed by atoms with van der Waals surface area (Å²) >= 11 is 0. The van der Waals surface area contributed by atoms with Gasteiger partial charge < -0.3 is 14.5 Å². The van der Waals surface area contributed by atoms with Crippen LogP contribution in [0.5, 0.6) is 0 Å². The van der Waals surface area contributed by atoms with E-state index in [2.05, 4.69) is 25.2 Å². The smallest absolute Gasteiger partial charge is 0.427 e. The molecule has 1 heterocycles. The number of H-pyrrole nitrogens is 1. The summed E-state index contributed by atoms with van der Waals surface area (Å²) in [5, 5.41) is 3.66. The Labute approximate surface area is 92.9 Å². The summed E-state index contributed by atoms with van der Waals surface area (Å²) in [6, 6.07) is 0. The molecule has 0 atom stereocenters. The molecule has 0 spiro atoms. The van der Waals surface area contributed by atoms with Gasteiger partial charge in [0.2, 0.25) is 0 Å². The number of hydrogen-bond donors (Lipinski definition) is 2. The van der Waals surface area contributed by atoms with Crippen LogP contribution in [0.15, 0.2) is 11.3 Å². The second kappa shape index (κ2) is 6.57. The predicted molar refractivity (Wildman–Crippen MR) is 57.1 cm³/mol. The first-order chi connectivity index (χ1) is 7.76. The van der Waals surface area contributed by atoms with Gasteiger partial charge in [0.05, 0.1) is 12.8 Å². The molecule has 1 amide bonds. The lowest BCUT2D eigenvalue weighted by Crippen LogP contribution is -2.18. The molecule has 0 saturated carbocycles. The minimum absolute atomic E-state index is 0.307. The first kappa shape index (κ1) is 12.2. The Bertz CT molecular complexity index is 361. The van der Waals surface area contributed by atoms with Crippen molar-refractivity contribution in [3.8, 4) is 0 Å². The van der Waals surface area contributed by atoms with Gasteiger partial charge in [-0.25, -0.2) is 15.2 Å². The highest BCUT2D eigenvalue weighted by Crippen LogP contribution is 1.95. The van der Waals surface area contributed by atoms with E-state index in [0.717, 1.165) is 0 Å². The van der Waals surface area contributed by atoms with Gasteiger partial charge in [0, 0.05) is 13.3 Å². The van der Waals surface area contributed by atoms with Crippen LogP contribution in [0, 0.1) is 0 Å². The SMILES string of the molecule is CCOC(=O)NN=Cc1c[nH]c(COC)n1. The molecule has 7 heteroatoms. The molecule has 0 aliphatic rings. The van der Waals surface area contributed by atoms with Gasteiger partial charge in [-0.05, 0) is 6.92 Å². The number of nitrogens with zero attached hydrogens (tertiary/aromatic N) is 2. The Hall–Kier alpha value is -1.89. The van der Waals surface area contributed by atoms with Crippen LogP contribution in [-0.4, -0.2) is 36.0 Å². The van der Waals surface area contributed by atoms with Gasteiger partial charge in [-0.2, -0.15) is 5.10 Å². The lowest BCUT2D eigenvalue weighted by Gasteiger charge is -1.97. The van der Waals surface area contributed by atoms with E-state index >= 15 is 0 Å². The average molecular weight is 226 g/mol. The quantitative estimate of drug-likeness (QED) is 0.569. The number of carbonyl (C=O) groups is 1. The van der Waals surface area contributed by atoms with Gasteiger partial charge in [-0.3, -0.25) is 0 Å². The fraction of sp³-hybridized carbons (Fsp3) is 0.444. The third-order valence-electron chi connectivity index (χ3n) is 1.56. The number of rotatable bonds is 5. The van der Waals surface area contributed by atoms with Crippen LogP contribution in [0.25, 0.3) is 0 Å². The van der Waals surface area contributed by atoms with Crippen LogP contribution < -0.4 is 5.43 Å². The minimum Gasteiger partial charge on any atom is -0.449 e. The van der Waals surface area contributed by atoms with Crippen molar-refractivity contribution in [1.82, 2.24) is 15.4 Å². The molecule has 1 aromatic rings. The third-order valence-corrected chi connectivity index (χ3v) is 1.56. The van der Waals surface area contributed by atoms with Crippen molar-refractivity contribution in [3.63, 3.8) is 0 Å². The second-order valence-electron chi connectivity index (χ2n) is 2.80. The van der Waals surface area contributed by atoms with E-state index in [0.29, 0.717) is 24.7 Å². The molecule has 0 aromatic carbocycles. The molecular weight excluding hydrogens is 212 g/mol. The highest BCUT2D eigenvalue weighted by Gasteiger charge is 1.99. The second-order valence-corrected chi connectivity index (χ2v) is 2.80. The Morgan fingerprint density at radius 3 is 3.25 bits per heavy atom. The van der Waals surface area contributed by atoms with Crippen molar-refractivity contribution in [1.29, 1.82) is 0 Å². The number of ether oxygens (including phenoxy) is 2. The fourth-order valence-corrected chi connectivity index (χ4v) is 0.969. The number of nitrogens with one attached hydrogen (secondary N) is 2. The number of carbonyl (C=O) groups excluding carboxylic acids is 1. The molecule has 1 rings (SSSR count). The summed E-state index contributed by atoms with van der Waals surface area (Å²) in [6.45, 7) is 2.43. The van der Waals surface area contributed by atoms with E-state index in [4.69, 9.17) is 4.74 Å². The number of imidazole rings is 1. The number of amides is 1. The first-order valence-electron chi connectivity index (χ1n) is 4.75. The van der Waals surface area contributed by atoms with Gasteiger partial charge in [0.1, 0.15) is 18.1 Å². The van der Waals surface area contributed by atoms with Crippen molar-refractivity contribution in [2.45, 2.75) is 13.5 Å². The molecule has 2 N–H and O–H groups in total. The summed E-state index contributed by atoms with van der Waals surface area (Å²) in [7, 11) is 1.58. The Kier molecular flexibility index (Phi) is 5.00. The first-order valence-corrected chi connectivity index (χ1v) is 4.75. The van der Waals surface area contributed by atoms with Gasteiger partial charge >= 0.3 is 6.09 Å². The highest BCUT2D eigenvalue weighted by molar-refractivity contribution is 5.78. The van der Waals surface area contributed by atoms with Crippen molar-refractivity contribution < 1.29 is 14.3 Å². The molecule has 16 heavy (non-hydrogen) atoms. The largest absolute Gasteiger partial charge is 0.449 e. The van der Waals surface area contributed by atoms with E-state index in [1.54, 1.807) is 20.2 Å². The van der Waals surface area contributed by atoms with Crippen LogP contribution in [0.1, 0.15) is 18.4 Å². The van der Waals surface area contributed by atoms with Crippen molar-refractivity contribution in [2.75, 3.05) is 13.7 Å². The predicted octanol–water partition coefficient (Wildman–Crippen LogP) is 0.636. The lowest BCUT2D eigenvalue weighted by atomic mass is 10.5. The summed E-state index contributed by atoms with van der Waals surface area (Å²) in [6.07, 6.45) is 2.48. The molecule has 1 aromatic heterocycles. The maximum absolute atomic E-state index is 10.8. The summed E-state index contributed by atoms with van der Waals surface area (Å²) in [5.74, 6) is 0.695. The minimum atomic E-state index is -0.591. The number of hydrazone groups is 1. The van der Waals surface area contributed by atoms with E-state index < -0.39 is 6.09 Å². The zero-order valence-electron chi connectivity index (χ0n) is 9.19. The molecule has 0 aliphatic heterocycles. The molecule has 0 unspecified atom stereocenters. The van der Waals surface area contributed by atoms with Crippen LogP contribution in [0.4, 0.5) is 4.79 Å². The number of aromatic nitrogens is 2. The number of aromatic amines is 1. The topological polar surface area (TPSA) is 88.6 Å². The maximum Gasteiger partial charge on any atom is 0.427 e. The molecular formula is C9H14N4O3. The van der Waals surface area contributed by atoms with Crippen molar-refractivity contribution in [2.24, 2.45) is 5.10 Å². The lowest BCUT2D eigenvalue weighted by molar-refractivity contribution is 0.152. The Balaban J connectivity index is 2.40. The molecule has 0 fully saturated rings. The van der Waals surface area contributed by atoms with Crippen LogP contribution in [-0.2, 0) is 16.1 Å². The van der Waals surface area contributed by atoms with Crippen LogP contribution in [0.3, 0.4) is 0 Å². The molecule has 88 valence electrons. The van der Waals surface area contributed by atoms with Crippen LogP contribution >= 0.6 is 0 Å². The summed E-state index contributed by atoms with van der Waals surface area (Å²) in [5.41, 5.74) is 2.80. The molecule has 0 bridgehead atoms. The van der Waals surface area contributed by atoms with Gasteiger partial charge in [0.25, 0.3) is 0 Å². The molecule has 0 aliphatic carbocycles. The normalized spacial score (nSPS) is 10.6. The van der Waals surface area contributed by atoms with Crippen molar-refractivity contribution >= 4 is 12.3 Å². The van der Waals surface area contributed by atoms with E-state index in [9.17, 15) is 4.79 Å². The fourth-order valence-electron chi connectivity index (χ4n) is 0.969. The third kappa shape index (κ3) is 4.09. The van der Waals surface area contributed by atoms with Gasteiger partial charge in [-0.1, -0.05) is 0 Å².